The van der Waals surface area contributed by atoms with E-state index in [1.807, 2.05) is 12.1 Å². The summed E-state index contributed by atoms with van der Waals surface area (Å²) < 4.78 is 0. The van der Waals surface area contributed by atoms with Gasteiger partial charge in [0.25, 0.3) is 5.91 Å². The highest BCUT2D eigenvalue weighted by atomic mass is 35.5. The fourth-order valence-electron chi connectivity index (χ4n) is 1.57. The van der Waals surface area contributed by atoms with Crippen LogP contribution >= 0.6 is 11.6 Å². The Labute approximate surface area is 110 Å². The number of pyridine rings is 1. The van der Waals surface area contributed by atoms with Crippen molar-refractivity contribution in [2.75, 3.05) is 17.7 Å². The largest absolute Gasteiger partial charge is 0.387 e. The van der Waals surface area contributed by atoms with Crippen molar-refractivity contribution in [1.29, 1.82) is 0 Å². The van der Waals surface area contributed by atoms with Gasteiger partial charge in [0.15, 0.2) is 5.15 Å². The monoisotopic (exact) mass is 261 g/mol. The molecule has 0 bridgehead atoms. The van der Waals surface area contributed by atoms with Gasteiger partial charge < -0.3 is 10.6 Å². The fourth-order valence-corrected chi connectivity index (χ4v) is 1.73. The van der Waals surface area contributed by atoms with Crippen LogP contribution in [0.2, 0.25) is 5.15 Å². The van der Waals surface area contributed by atoms with E-state index >= 15 is 0 Å². The maximum absolute atomic E-state index is 12.1. The van der Waals surface area contributed by atoms with E-state index in [1.54, 1.807) is 37.5 Å². The summed E-state index contributed by atoms with van der Waals surface area (Å²) in [5, 5.41) is 5.97. The number of amides is 1. The molecule has 0 saturated heterocycles. The summed E-state index contributed by atoms with van der Waals surface area (Å²) in [6.45, 7) is 0. The Morgan fingerprint density at radius 3 is 2.61 bits per heavy atom. The van der Waals surface area contributed by atoms with Crippen molar-refractivity contribution in [2.45, 2.75) is 0 Å². The molecule has 0 fully saturated rings. The number of hydrogen-bond acceptors (Lipinski definition) is 3. The summed E-state index contributed by atoms with van der Waals surface area (Å²) in [7, 11) is 1.77. The third-order valence-electron chi connectivity index (χ3n) is 2.45. The van der Waals surface area contributed by atoms with Gasteiger partial charge in [-0.05, 0) is 24.3 Å². The Kier molecular flexibility index (Phi) is 3.79. The number of carbonyl (C=O) groups excluding carboxylic acids is 1. The Morgan fingerprint density at radius 2 is 1.89 bits per heavy atom. The van der Waals surface area contributed by atoms with Gasteiger partial charge in [-0.2, -0.15) is 0 Å². The smallest absolute Gasteiger partial charge is 0.257 e. The number of aromatic nitrogens is 1. The van der Waals surface area contributed by atoms with Crippen molar-refractivity contribution in [3.63, 3.8) is 0 Å². The van der Waals surface area contributed by atoms with Crippen molar-refractivity contribution < 1.29 is 4.79 Å². The topological polar surface area (TPSA) is 54.0 Å². The maximum Gasteiger partial charge on any atom is 0.257 e. The van der Waals surface area contributed by atoms with E-state index in [0.717, 1.165) is 5.69 Å². The van der Waals surface area contributed by atoms with Gasteiger partial charge in [-0.3, -0.25) is 4.79 Å². The number of nitrogens with zero attached hydrogens (tertiary/aromatic N) is 1. The zero-order chi connectivity index (χ0) is 13.0. The van der Waals surface area contributed by atoms with Crippen LogP contribution in [0, 0.1) is 0 Å². The Morgan fingerprint density at radius 1 is 1.17 bits per heavy atom. The summed E-state index contributed by atoms with van der Waals surface area (Å²) >= 11 is 5.89. The molecule has 0 unspecified atom stereocenters. The van der Waals surface area contributed by atoms with Crippen molar-refractivity contribution in [3.05, 3.63) is 53.3 Å². The van der Waals surface area contributed by atoms with Crippen LogP contribution in [0.1, 0.15) is 10.4 Å². The normalized spacial score (nSPS) is 9.89. The molecule has 4 nitrogen and oxygen atoms in total. The Balaban J connectivity index is 2.25. The van der Waals surface area contributed by atoms with Gasteiger partial charge in [-0.1, -0.05) is 23.7 Å². The van der Waals surface area contributed by atoms with Crippen LogP contribution in [0.5, 0.6) is 0 Å². The predicted molar refractivity (Wildman–Crippen MR) is 73.2 cm³/mol. The standard InChI is InChI=1S/C13H12ClN3O/c1-15-10-6-3-2-5-9(10)13(18)17-11-7-4-8-16-12(11)14/h2-8,15H,1H3,(H,17,18). The Hall–Kier alpha value is -2.07. The molecule has 0 saturated carbocycles. The van der Waals surface area contributed by atoms with E-state index in [2.05, 4.69) is 15.6 Å². The molecule has 0 aliphatic carbocycles. The van der Waals surface area contributed by atoms with Gasteiger partial charge in [0, 0.05) is 18.9 Å². The number of benzene rings is 1. The van der Waals surface area contributed by atoms with Gasteiger partial charge in [-0.25, -0.2) is 4.98 Å². The second-order valence-electron chi connectivity index (χ2n) is 3.59. The molecule has 0 aliphatic rings. The third-order valence-corrected chi connectivity index (χ3v) is 2.75. The lowest BCUT2D eigenvalue weighted by Gasteiger charge is -2.10. The molecular formula is C13H12ClN3O. The van der Waals surface area contributed by atoms with Crippen molar-refractivity contribution >= 4 is 28.9 Å². The minimum absolute atomic E-state index is 0.227. The highest BCUT2D eigenvalue weighted by Crippen LogP contribution is 2.20. The molecule has 0 spiro atoms. The van der Waals surface area contributed by atoms with Crippen molar-refractivity contribution in [2.24, 2.45) is 0 Å². The average molecular weight is 262 g/mol. The van der Waals surface area contributed by atoms with Crippen LogP contribution in [0.4, 0.5) is 11.4 Å². The minimum Gasteiger partial charge on any atom is -0.387 e. The molecule has 2 aromatic rings. The maximum atomic E-state index is 12.1. The van der Waals surface area contributed by atoms with E-state index in [9.17, 15) is 4.79 Å². The zero-order valence-electron chi connectivity index (χ0n) is 9.77. The molecule has 0 atom stereocenters. The second kappa shape index (κ2) is 5.51. The molecule has 1 aromatic carbocycles. The molecule has 2 rings (SSSR count). The van der Waals surface area contributed by atoms with Gasteiger partial charge in [0.2, 0.25) is 0 Å². The second-order valence-corrected chi connectivity index (χ2v) is 3.95. The van der Waals surface area contributed by atoms with Gasteiger partial charge in [-0.15, -0.1) is 0 Å². The quantitative estimate of drug-likeness (QED) is 0.835. The summed E-state index contributed by atoms with van der Waals surface area (Å²) in [5.41, 5.74) is 1.81. The van der Waals surface area contributed by atoms with Crippen LogP contribution < -0.4 is 10.6 Å². The van der Waals surface area contributed by atoms with E-state index < -0.39 is 0 Å². The van der Waals surface area contributed by atoms with Crippen LogP contribution in [0.25, 0.3) is 0 Å². The first-order chi connectivity index (χ1) is 8.72. The first-order valence-electron chi connectivity index (χ1n) is 5.41. The predicted octanol–water partition coefficient (Wildman–Crippen LogP) is 3.03. The molecule has 5 heteroatoms. The summed E-state index contributed by atoms with van der Waals surface area (Å²) in [6, 6.07) is 10.7. The summed E-state index contributed by atoms with van der Waals surface area (Å²) in [6.07, 6.45) is 1.57. The lowest BCUT2D eigenvalue weighted by atomic mass is 10.1. The van der Waals surface area contributed by atoms with Crippen LogP contribution in [-0.2, 0) is 0 Å². The van der Waals surface area contributed by atoms with Crippen molar-refractivity contribution in [3.8, 4) is 0 Å². The van der Waals surface area contributed by atoms with Crippen molar-refractivity contribution in [1.82, 2.24) is 4.98 Å². The Bertz CT molecular complexity index is 572. The average Bonchev–Trinajstić information content (AvgIpc) is 2.41. The van der Waals surface area contributed by atoms with Gasteiger partial charge >= 0.3 is 0 Å². The molecule has 1 aromatic heterocycles. The summed E-state index contributed by atoms with van der Waals surface area (Å²) in [5.74, 6) is -0.227. The minimum atomic E-state index is -0.227. The SMILES string of the molecule is CNc1ccccc1C(=O)Nc1cccnc1Cl. The number of halogens is 1. The lowest BCUT2D eigenvalue weighted by molar-refractivity contribution is 0.102. The van der Waals surface area contributed by atoms with Crippen LogP contribution in [-0.4, -0.2) is 17.9 Å². The molecule has 18 heavy (non-hydrogen) atoms. The molecule has 92 valence electrons. The lowest BCUT2D eigenvalue weighted by Crippen LogP contribution is -2.14. The van der Waals surface area contributed by atoms with Gasteiger partial charge in [0.05, 0.1) is 11.3 Å². The number of anilines is 2. The molecular weight excluding hydrogens is 250 g/mol. The molecule has 1 heterocycles. The number of hydrogen-bond donors (Lipinski definition) is 2. The molecule has 0 radical (unpaired) electrons. The van der Waals surface area contributed by atoms with E-state index in [-0.39, 0.29) is 11.1 Å². The zero-order valence-corrected chi connectivity index (χ0v) is 10.5. The third kappa shape index (κ3) is 2.60. The highest BCUT2D eigenvalue weighted by Gasteiger charge is 2.11. The van der Waals surface area contributed by atoms with Crippen LogP contribution in [0.15, 0.2) is 42.6 Å². The van der Waals surface area contributed by atoms with E-state index in [4.69, 9.17) is 11.6 Å². The first kappa shape index (κ1) is 12.4. The van der Waals surface area contributed by atoms with E-state index in [0.29, 0.717) is 11.3 Å². The highest BCUT2D eigenvalue weighted by molar-refractivity contribution is 6.32. The summed E-state index contributed by atoms with van der Waals surface area (Å²) in [4.78, 5) is 16.0. The van der Waals surface area contributed by atoms with Gasteiger partial charge in [0.1, 0.15) is 0 Å². The number of para-hydroxylation sites is 1. The number of rotatable bonds is 3. The number of nitrogens with one attached hydrogen (secondary N) is 2. The van der Waals surface area contributed by atoms with E-state index in [1.165, 1.54) is 0 Å². The molecule has 0 aliphatic heterocycles. The van der Waals surface area contributed by atoms with Crippen LogP contribution in [0.3, 0.4) is 0 Å². The fraction of sp³-hybridized carbons (Fsp3) is 0.0769. The molecule has 1 amide bonds. The molecule has 2 N–H and O–H groups in total. The number of carbonyl (C=O) groups is 1. The first-order valence-corrected chi connectivity index (χ1v) is 5.79.